The van der Waals surface area contributed by atoms with E-state index in [4.69, 9.17) is 4.74 Å². The van der Waals surface area contributed by atoms with Gasteiger partial charge in [0.1, 0.15) is 23.1 Å². The molecule has 1 aliphatic carbocycles. The van der Waals surface area contributed by atoms with Crippen molar-refractivity contribution in [2.75, 3.05) is 13.1 Å². The first-order chi connectivity index (χ1) is 16.5. The first kappa shape index (κ1) is 22.6. The SMILES string of the molecule is CCNC(=O)c1csc(COc2ccc3c(c2)C(c2ccc(C)cc2)N(C(=O)C2CC2)CC3)n1. The Morgan fingerprint density at radius 2 is 1.97 bits per heavy atom. The predicted octanol–water partition coefficient (Wildman–Crippen LogP) is 4.66. The Balaban J connectivity index is 1.40. The number of carbonyl (C=O) groups is 2. The van der Waals surface area contributed by atoms with Crippen molar-refractivity contribution in [1.29, 1.82) is 0 Å². The molecule has 1 fully saturated rings. The average Bonchev–Trinajstić information content (AvgIpc) is 3.59. The molecule has 1 aliphatic heterocycles. The zero-order chi connectivity index (χ0) is 23.7. The summed E-state index contributed by atoms with van der Waals surface area (Å²) in [7, 11) is 0. The third kappa shape index (κ3) is 4.71. The van der Waals surface area contributed by atoms with Gasteiger partial charge in [0.2, 0.25) is 5.91 Å². The van der Waals surface area contributed by atoms with Crippen molar-refractivity contribution in [1.82, 2.24) is 15.2 Å². The molecule has 0 spiro atoms. The molecule has 1 atom stereocenters. The van der Waals surface area contributed by atoms with E-state index in [1.165, 1.54) is 22.5 Å². The van der Waals surface area contributed by atoms with Gasteiger partial charge in [0, 0.05) is 24.4 Å². The van der Waals surface area contributed by atoms with Crippen LogP contribution < -0.4 is 10.1 Å². The number of amides is 2. The van der Waals surface area contributed by atoms with Crippen LogP contribution in [0.25, 0.3) is 0 Å². The Morgan fingerprint density at radius 1 is 1.18 bits per heavy atom. The van der Waals surface area contributed by atoms with Gasteiger partial charge in [-0.25, -0.2) is 4.98 Å². The molecule has 6 nitrogen and oxygen atoms in total. The summed E-state index contributed by atoms with van der Waals surface area (Å²) in [5, 5.41) is 5.27. The zero-order valence-corrected chi connectivity index (χ0v) is 20.4. The monoisotopic (exact) mass is 475 g/mol. The highest BCUT2D eigenvalue weighted by atomic mass is 32.1. The van der Waals surface area contributed by atoms with Crippen molar-refractivity contribution < 1.29 is 14.3 Å². The fourth-order valence-electron chi connectivity index (χ4n) is 4.47. The molecule has 176 valence electrons. The molecule has 1 saturated carbocycles. The normalized spacial score (nSPS) is 17.2. The number of rotatable bonds is 7. The standard InChI is InChI=1S/C27H29N3O3S/c1-3-28-26(31)23-16-34-24(29-23)15-33-21-11-10-18-12-13-30(27(32)20-8-9-20)25(22(18)14-21)19-6-4-17(2)5-7-19/h4-7,10-11,14,16,20,25H,3,8-9,12-13,15H2,1-2H3,(H,28,31). The zero-order valence-electron chi connectivity index (χ0n) is 19.5. The van der Waals surface area contributed by atoms with Gasteiger partial charge in [0.05, 0.1) is 6.04 Å². The molecule has 7 heteroatoms. The van der Waals surface area contributed by atoms with E-state index in [-0.39, 0.29) is 23.8 Å². The largest absolute Gasteiger partial charge is 0.486 e. The summed E-state index contributed by atoms with van der Waals surface area (Å²) in [5.74, 6) is 1.02. The van der Waals surface area contributed by atoms with Gasteiger partial charge in [-0.1, -0.05) is 35.9 Å². The predicted molar refractivity (Wildman–Crippen MR) is 132 cm³/mol. The molecule has 1 N–H and O–H groups in total. The third-order valence-corrected chi connectivity index (χ3v) is 7.25. The molecule has 2 amide bonds. The lowest BCUT2D eigenvalue weighted by molar-refractivity contribution is -0.134. The lowest BCUT2D eigenvalue weighted by atomic mass is 9.87. The molecule has 0 saturated heterocycles. The smallest absolute Gasteiger partial charge is 0.270 e. The van der Waals surface area contributed by atoms with Crippen LogP contribution in [0.5, 0.6) is 5.75 Å². The maximum atomic E-state index is 13.2. The Bertz CT molecular complexity index is 1200. The van der Waals surface area contributed by atoms with Gasteiger partial charge in [0.15, 0.2) is 0 Å². The molecule has 1 unspecified atom stereocenters. The molecule has 5 rings (SSSR count). The Morgan fingerprint density at radius 3 is 2.71 bits per heavy atom. The van der Waals surface area contributed by atoms with E-state index in [1.807, 2.05) is 13.0 Å². The third-order valence-electron chi connectivity index (χ3n) is 6.43. The van der Waals surface area contributed by atoms with Crippen molar-refractivity contribution >= 4 is 23.2 Å². The minimum Gasteiger partial charge on any atom is -0.486 e. The van der Waals surface area contributed by atoms with E-state index >= 15 is 0 Å². The number of fused-ring (bicyclic) bond motifs is 1. The van der Waals surface area contributed by atoms with Crippen molar-refractivity contribution in [2.45, 2.75) is 45.8 Å². The number of nitrogens with one attached hydrogen (secondary N) is 1. The number of aromatic nitrogens is 1. The number of ether oxygens (including phenoxy) is 1. The molecule has 1 aromatic heterocycles. The first-order valence-corrected chi connectivity index (χ1v) is 12.8. The number of hydrogen-bond donors (Lipinski definition) is 1. The molecule has 34 heavy (non-hydrogen) atoms. The summed E-state index contributed by atoms with van der Waals surface area (Å²) >= 11 is 1.42. The summed E-state index contributed by atoms with van der Waals surface area (Å²) in [6.07, 6.45) is 2.84. The Kier molecular flexibility index (Phi) is 6.37. The van der Waals surface area contributed by atoms with E-state index < -0.39 is 0 Å². The van der Waals surface area contributed by atoms with E-state index in [0.29, 0.717) is 18.8 Å². The minimum absolute atomic E-state index is 0.106. The van der Waals surface area contributed by atoms with Crippen LogP contribution in [0.3, 0.4) is 0 Å². The second-order valence-electron chi connectivity index (χ2n) is 9.00. The molecule has 2 aromatic carbocycles. The lowest BCUT2D eigenvalue weighted by Gasteiger charge is -2.38. The molecular weight excluding hydrogens is 446 g/mol. The second-order valence-corrected chi connectivity index (χ2v) is 9.95. The van der Waals surface area contributed by atoms with E-state index in [1.54, 1.807) is 5.38 Å². The molecule has 2 aliphatic rings. The topological polar surface area (TPSA) is 71.5 Å². The molecular formula is C27H29N3O3S. The van der Waals surface area contributed by atoms with Gasteiger partial charge < -0.3 is 15.0 Å². The summed E-state index contributed by atoms with van der Waals surface area (Å²) in [5.41, 5.74) is 5.13. The van der Waals surface area contributed by atoms with Crippen LogP contribution in [0, 0.1) is 12.8 Å². The average molecular weight is 476 g/mol. The summed E-state index contributed by atoms with van der Waals surface area (Å²) in [4.78, 5) is 31.6. The number of aryl methyl sites for hydroxylation is 1. The highest BCUT2D eigenvalue weighted by Gasteiger charge is 2.39. The van der Waals surface area contributed by atoms with Gasteiger partial charge in [-0.15, -0.1) is 11.3 Å². The first-order valence-electron chi connectivity index (χ1n) is 11.9. The van der Waals surface area contributed by atoms with Crippen LogP contribution in [0.4, 0.5) is 0 Å². The van der Waals surface area contributed by atoms with Crippen LogP contribution in [-0.2, 0) is 17.8 Å². The fraction of sp³-hybridized carbons (Fsp3) is 0.370. The van der Waals surface area contributed by atoms with Crippen molar-refractivity contribution in [2.24, 2.45) is 5.92 Å². The highest BCUT2D eigenvalue weighted by molar-refractivity contribution is 7.09. The van der Waals surface area contributed by atoms with Gasteiger partial charge >= 0.3 is 0 Å². The van der Waals surface area contributed by atoms with E-state index in [0.717, 1.165) is 47.7 Å². The van der Waals surface area contributed by atoms with Crippen LogP contribution in [0.15, 0.2) is 47.8 Å². The van der Waals surface area contributed by atoms with Gasteiger partial charge in [-0.05, 0) is 61.9 Å². The quantitative estimate of drug-likeness (QED) is 0.539. The van der Waals surface area contributed by atoms with Gasteiger partial charge in [-0.3, -0.25) is 9.59 Å². The number of thiazole rings is 1. The van der Waals surface area contributed by atoms with Crippen LogP contribution in [0.2, 0.25) is 0 Å². The second kappa shape index (κ2) is 9.58. The fourth-order valence-corrected chi connectivity index (χ4v) is 5.16. The number of carbonyl (C=O) groups excluding carboxylic acids is 2. The van der Waals surface area contributed by atoms with Gasteiger partial charge in [-0.2, -0.15) is 0 Å². The molecule has 0 radical (unpaired) electrons. The molecule has 3 aromatic rings. The lowest BCUT2D eigenvalue weighted by Crippen LogP contribution is -2.41. The highest BCUT2D eigenvalue weighted by Crippen LogP contribution is 2.41. The van der Waals surface area contributed by atoms with Crippen LogP contribution in [0.1, 0.15) is 63.6 Å². The Labute approximate surface area is 204 Å². The molecule has 2 heterocycles. The maximum absolute atomic E-state index is 13.2. The van der Waals surface area contributed by atoms with Crippen molar-refractivity contribution in [3.05, 3.63) is 80.8 Å². The van der Waals surface area contributed by atoms with E-state index in [2.05, 4.69) is 58.5 Å². The van der Waals surface area contributed by atoms with E-state index in [9.17, 15) is 9.59 Å². The van der Waals surface area contributed by atoms with Gasteiger partial charge in [0.25, 0.3) is 5.91 Å². The summed E-state index contributed by atoms with van der Waals surface area (Å²) < 4.78 is 6.08. The maximum Gasteiger partial charge on any atom is 0.270 e. The number of benzene rings is 2. The number of nitrogens with zero attached hydrogens (tertiary/aromatic N) is 2. The van der Waals surface area contributed by atoms with Crippen molar-refractivity contribution in [3.63, 3.8) is 0 Å². The Hall–Kier alpha value is -3.19. The van der Waals surface area contributed by atoms with Crippen molar-refractivity contribution in [3.8, 4) is 5.75 Å². The summed E-state index contributed by atoms with van der Waals surface area (Å²) in [6.45, 7) is 5.56. The minimum atomic E-state index is -0.167. The molecule has 0 bridgehead atoms. The number of hydrogen-bond acceptors (Lipinski definition) is 5. The summed E-state index contributed by atoms with van der Waals surface area (Å²) in [6, 6.07) is 14.6. The van der Waals surface area contributed by atoms with Crippen LogP contribution >= 0.6 is 11.3 Å². The van der Waals surface area contributed by atoms with Crippen LogP contribution in [-0.4, -0.2) is 34.8 Å².